The maximum absolute atomic E-state index is 12.5. The van der Waals surface area contributed by atoms with Crippen molar-refractivity contribution >= 4 is 11.9 Å². The summed E-state index contributed by atoms with van der Waals surface area (Å²) in [6, 6.07) is 6.40. The minimum Gasteiger partial charge on any atom is -0.481 e. The maximum atomic E-state index is 12.5. The summed E-state index contributed by atoms with van der Waals surface area (Å²) in [6.45, 7) is 3.04. The number of aryl methyl sites for hydroxylation is 2. The van der Waals surface area contributed by atoms with Gasteiger partial charge in [-0.2, -0.15) is 0 Å². The Morgan fingerprint density at radius 2 is 2.05 bits per heavy atom. The summed E-state index contributed by atoms with van der Waals surface area (Å²) < 4.78 is 0. The molecule has 1 saturated heterocycles. The second-order valence-electron chi connectivity index (χ2n) is 6.68. The number of nitrogens with zero attached hydrogens (tertiary/aromatic N) is 1. The summed E-state index contributed by atoms with van der Waals surface area (Å²) in [5.41, 5.74) is 3.90. The zero-order valence-corrected chi connectivity index (χ0v) is 13.0. The first-order chi connectivity index (χ1) is 10.5. The highest BCUT2D eigenvalue weighted by atomic mass is 16.4. The number of hydrogen-bond donors (Lipinski definition) is 1. The van der Waals surface area contributed by atoms with Crippen molar-refractivity contribution in [1.82, 2.24) is 4.90 Å². The number of hydrogen-bond acceptors (Lipinski definition) is 2. The molecule has 1 aliphatic heterocycles. The predicted molar refractivity (Wildman–Crippen MR) is 83.7 cm³/mol. The lowest BCUT2D eigenvalue weighted by atomic mass is 9.87. The number of piperidine rings is 1. The molecule has 22 heavy (non-hydrogen) atoms. The molecule has 1 aromatic rings. The molecule has 3 rings (SSSR count). The highest BCUT2D eigenvalue weighted by molar-refractivity contribution is 5.79. The van der Waals surface area contributed by atoms with Crippen LogP contribution >= 0.6 is 0 Å². The SMILES string of the molecule is CC1CN(C(=O)Cc2ccc3c(c2)CCC3)CCC1C(=O)O. The van der Waals surface area contributed by atoms with Crippen LogP contribution in [0.5, 0.6) is 0 Å². The van der Waals surface area contributed by atoms with Gasteiger partial charge in [0.15, 0.2) is 0 Å². The molecule has 1 aliphatic carbocycles. The molecule has 0 saturated carbocycles. The van der Waals surface area contributed by atoms with Gasteiger partial charge in [-0.25, -0.2) is 0 Å². The highest BCUT2D eigenvalue weighted by Crippen LogP contribution is 2.25. The van der Waals surface area contributed by atoms with Gasteiger partial charge in [0.1, 0.15) is 0 Å². The molecular formula is C18H23NO3. The second kappa shape index (κ2) is 6.11. The largest absolute Gasteiger partial charge is 0.481 e. The van der Waals surface area contributed by atoms with Crippen LogP contribution in [0, 0.1) is 11.8 Å². The van der Waals surface area contributed by atoms with Crippen LogP contribution in [-0.4, -0.2) is 35.0 Å². The molecule has 0 bridgehead atoms. The number of rotatable bonds is 3. The first-order valence-corrected chi connectivity index (χ1v) is 8.16. The molecular weight excluding hydrogens is 278 g/mol. The van der Waals surface area contributed by atoms with E-state index in [0.29, 0.717) is 25.9 Å². The second-order valence-corrected chi connectivity index (χ2v) is 6.68. The van der Waals surface area contributed by atoms with Gasteiger partial charge in [0, 0.05) is 13.1 Å². The van der Waals surface area contributed by atoms with Crippen molar-refractivity contribution in [2.75, 3.05) is 13.1 Å². The number of carboxylic acids is 1. The molecule has 118 valence electrons. The van der Waals surface area contributed by atoms with Crippen molar-refractivity contribution in [3.63, 3.8) is 0 Å². The van der Waals surface area contributed by atoms with E-state index in [-0.39, 0.29) is 17.7 Å². The quantitative estimate of drug-likeness (QED) is 0.932. The molecule has 1 N–H and O–H groups in total. The van der Waals surface area contributed by atoms with Crippen molar-refractivity contribution in [2.45, 2.75) is 39.0 Å². The molecule has 0 radical (unpaired) electrons. The standard InChI is InChI=1S/C18H23NO3/c1-12-11-19(8-7-16(12)18(21)22)17(20)10-13-5-6-14-3-2-4-15(14)9-13/h5-6,9,12,16H,2-4,7-8,10-11H2,1H3,(H,21,22). The van der Waals surface area contributed by atoms with E-state index in [0.717, 1.165) is 18.4 Å². The van der Waals surface area contributed by atoms with E-state index in [1.54, 1.807) is 0 Å². The van der Waals surface area contributed by atoms with Gasteiger partial charge >= 0.3 is 5.97 Å². The van der Waals surface area contributed by atoms with E-state index < -0.39 is 5.97 Å². The Morgan fingerprint density at radius 3 is 2.77 bits per heavy atom. The molecule has 2 atom stereocenters. The maximum Gasteiger partial charge on any atom is 0.306 e. The summed E-state index contributed by atoms with van der Waals surface area (Å²) >= 11 is 0. The fraction of sp³-hybridized carbons (Fsp3) is 0.556. The molecule has 0 aromatic heterocycles. The topological polar surface area (TPSA) is 57.6 Å². The van der Waals surface area contributed by atoms with E-state index in [1.807, 2.05) is 11.8 Å². The number of likely N-dealkylation sites (tertiary alicyclic amines) is 1. The molecule has 1 aromatic carbocycles. The minimum absolute atomic E-state index is 0.0234. The molecule has 0 spiro atoms. The lowest BCUT2D eigenvalue weighted by Crippen LogP contribution is -2.45. The van der Waals surface area contributed by atoms with Crippen molar-refractivity contribution in [3.05, 3.63) is 34.9 Å². The van der Waals surface area contributed by atoms with Crippen molar-refractivity contribution < 1.29 is 14.7 Å². The van der Waals surface area contributed by atoms with E-state index in [1.165, 1.54) is 17.5 Å². The molecule has 4 heteroatoms. The number of fused-ring (bicyclic) bond motifs is 1. The zero-order chi connectivity index (χ0) is 15.7. The number of amides is 1. The fourth-order valence-electron chi connectivity index (χ4n) is 3.76. The molecule has 1 amide bonds. The third-order valence-corrected chi connectivity index (χ3v) is 5.09. The van der Waals surface area contributed by atoms with Crippen LogP contribution in [0.3, 0.4) is 0 Å². The van der Waals surface area contributed by atoms with Gasteiger partial charge in [-0.3, -0.25) is 9.59 Å². The van der Waals surface area contributed by atoms with Crippen LogP contribution in [-0.2, 0) is 28.9 Å². The van der Waals surface area contributed by atoms with E-state index in [9.17, 15) is 9.59 Å². The van der Waals surface area contributed by atoms with Gasteiger partial charge in [-0.05, 0) is 48.3 Å². The van der Waals surface area contributed by atoms with Gasteiger partial charge in [0.2, 0.25) is 5.91 Å². The van der Waals surface area contributed by atoms with Crippen LogP contribution in [0.15, 0.2) is 18.2 Å². The van der Waals surface area contributed by atoms with Gasteiger partial charge in [0.25, 0.3) is 0 Å². The van der Waals surface area contributed by atoms with Crippen molar-refractivity contribution in [1.29, 1.82) is 0 Å². The smallest absolute Gasteiger partial charge is 0.306 e. The van der Waals surface area contributed by atoms with Crippen LogP contribution < -0.4 is 0 Å². The Hall–Kier alpha value is -1.84. The zero-order valence-electron chi connectivity index (χ0n) is 13.0. The van der Waals surface area contributed by atoms with Crippen molar-refractivity contribution in [2.24, 2.45) is 11.8 Å². The summed E-state index contributed by atoms with van der Waals surface area (Å²) in [5.74, 6) is -0.911. The van der Waals surface area contributed by atoms with Gasteiger partial charge < -0.3 is 10.0 Å². The first kappa shape index (κ1) is 15.1. The molecule has 1 fully saturated rings. The van der Waals surface area contributed by atoms with Gasteiger partial charge in [0.05, 0.1) is 12.3 Å². The average molecular weight is 301 g/mol. The van der Waals surface area contributed by atoms with Crippen LogP contribution in [0.2, 0.25) is 0 Å². The number of carboxylic acid groups (broad SMARTS) is 1. The summed E-state index contributed by atoms with van der Waals surface area (Å²) in [5, 5.41) is 9.15. The number of aliphatic carboxylic acids is 1. The van der Waals surface area contributed by atoms with E-state index in [4.69, 9.17) is 5.11 Å². The van der Waals surface area contributed by atoms with Crippen LogP contribution in [0.1, 0.15) is 36.5 Å². The lowest BCUT2D eigenvalue weighted by molar-refractivity contribution is -0.148. The molecule has 2 unspecified atom stereocenters. The van der Waals surface area contributed by atoms with Gasteiger partial charge in [-0.1, -0.05) is 25.1 Å². The monoisotopic (exact) mass is 301 g/mol. The van der Waals surface area contributed by atoms with E-state index >= 15 is 0 Å². The number of carbonyl (C=O) groups is 2. The highest BCUT2D eigenvalue weighted by Gasteiger charge is 2.32. The van der Waals surface area contributed by atoms with Crippen LogP contribution in [0.25, 0.3) is 0 Å². The summed E-state index contributed by atoms with van der Waals surface area (Å²) in [6.07, 6.45) is 4.49. The summed E-state index contributed by atoms with van der Waals surface area (Å²) in [4.78, 5) is 25.4. The Bertz CT molecular complexity index is 596. The third kappa shape index (κ3) is 3.01. The van der Waals surface area contributed by atoms with Crippen molar-refractivity contribution in [3.8, 4) is 0 Å². The number of benzene rings is 1. The lowest BCUT2D eigenvalue weighted by Gasteiger charge is -2.35. The molecule has 4 nitrogen and oxygen atoms in total. The average Bonchev–Trinajstić information content (AvgIpc) is 2.94. The third-order valence-electron chi connectivity index (χ3n) is 5.09. The Balaban J connectivity index is 1.62. The summed E-state index contributed by atoms with van der Waals surface area (Å²) in [7, 11) is 0. The Labute approximate surface area is 131 Å². The van der Waals surface area contributed by atoms with E-state index in [2.05, 4.69) is 18.2 Å². The minimum atomic E-state index is -0.738. The molecule has 1 heterocycles. The van der Waals surface area contributed by atoms with Gasteiger partial charge in [-0.15, -0.1) is 0 Å². The Morgan fingerprint density at radius 1 is 1.27 bits per heavy atom. The normalized spacial score (nSPS) is 24.1. The Kier molecular flexibility index (Phi) is 4.19. The predicted octanol–water partition coefficient (Wildman–Crippen LogP) is 2.29. The number of carbonyl (C=O) groups excluding carboxylic acids is 1. The molecule has 2 aliphatic rings. The van der Waals surface area contributed by atoms with Crippen LogP contribution in [0.4, 0.5) is 0 Å². The fourth-order valence-corrected chi connectivity index (χ4v) is 3.76. The first-order valence-electron chi connectivity index (χ1n) is 8.16.